The summed E-state index contributed by atoms with van der Waals surface area (Å²) >= 11 is 6.29. The Morgan fingerprint density at radius 1 is 1.50 bits per heavy atom. The third kappa shape index (κ3) is 2.56. The van der Waals surface area contributed by atoms with Gasteiger partial charge in [0.25, 0.3) is 0 Å². The van der Waals surface area contributed by atoms with E-state index in [4.69, 9.17) is 16.3 Å². The molecule has 2 rings (SSSR count). The van der Waals surface area contributed by atoms with Crippen LogP contribution in [0.4, 0.5) is 0 Å². The molecule has 0 bridgehead atoms. The van der Waals surface area contributed by atoms with Crippen LogP contribution in [0, 0.1) is 0 Å². The maximum absolute atomic E-state index is 10.4. The molecule has 1 aromatic heterocycles. The molecule has 0 unspecified atom stereocenters. The summed E-state index contributed by atoms with van der Waals surface area (Å²) in [6, 6.07) is 0. The van der Waals surface area contributed by atoms with Gasteiger partial charge in [0.15, 0.2) is 0 Å². The third-order valence-electron chi connectivity index (χ3n) is 3.62. The van der Waals surface area contributed by atoms with Gasteiger partial charge < -0.3 is 9.84 Å². The Kier molecular flexibility index (Phi) is 3.99. The summed E-state index contributed by atoms with van der Waals surface area (Å²) in [4.78, 5) is 0. The summed E-state index contributed by atoms with van der Waals surface area (Å²) in [6.07, 6.45) is 2.93. The van der Waals surface area contributed by atoms with Crippen molar-refractivity contribution in [3.8, 4) is 0 Å². The zero-order valence-corrected chi connectivity index (χ0v) is 12.0. The zero-order chi connectivity index (χ0) is 13.3. The van der Waals surface area contributed by atoms with Gasteiger partial charge in [-0.3, -0.25) is 4.68 Å². The van der Waals surface area contributed by atoms with Crippen LogP contribution in [0.2, 0.25) is 5.02 Å². The van der Waals surface area contributed by atoms with E-state index in [0.717, 1.165) is 17.8 Å². The number of aromatic nitrogens is 2. The normalized spacial score (nSPS) is 27.3. The molecule has 0 spiro atoms. The van der Waals surface area contributed by atoms with Gasteiger partial charge in [0.1, 0.15) is 0 Å². The maximum Gasteiger partial charge on any atom is 0.0850 e. The van der Waals surface area contributed by atoms with Crippen LogP contribution in [0.25, 0.3) is 0 Å². The number of hydrogen-bond donors (Lipinski definition) is 1. The minimum absolute atomic E-state index is 0.192. The fourth-order valence-corrected chi connectivity index (χ4v) is 2.97. The monoisotopic (exact) mass is 272 g/mol. The van der Waals surface area contributed by atoms with Crippen molar-refractivity contribution in [2.24, 2.45) is 7.05 Å². The molecule has 1 aliphatic carbocycles. The van der Waals surface area contributed by atoms with E-state index in [1.807, 2.05) is 20.9 Å². The average molecular weight is 273 g/mol. The molecule has 1 N–H and O–H groups in total. The van der Waals surface area contributed by atoms with Gasteiger partial charge in [-0.1, -0.05) is 18.5 Å². The van der Waals surface area contributed by atoms with Gasteiger partial charge in [0, 0.05) is 32.9 Å². The van der Waals surface area contributed by atoms with Gasteiger partial charge in [0.05, 0.1) is 28.1 Å². The minimum Gasteiger partial charge on any atom is -0.389 e. The first-order valence-corrected chi connectivity index (χ1v) is 6.91. The number of ether oxygens (including phenoxy) is 1. The molecular weight excluding hydrogens is 252 g/mol. The minimum atomic E-state index is -0.678. The van der Waals surface area contributed by atoms with Gasteiger partial charge in [-0.15, -0.1) is 0 Å². The molecule has 0 aromatic carbocycles. The van der Waals surface area contributed by atoms with E-state index in [1.54, 1.807) is 4.68 Å². The molecule has 5 heteroatoms. The summed E-state index contributed by atoms with van der Waals surface area (Å²) in [5.41, 5.74) is 1.15. The topological polar surface area (TPSA) is 47.3 Å². The second kappa shape index (κ2) is 5.19. The number of nitrogens with zero attached hydrogens (tertiary/aromatic N) is 2. The lowest BCUT2D eigenvalue weighted by molar-refractivity contribution is -0.136. The summed E-state index contributed by atoms with van der Waals surface area (Å²) in [6.45, 7) is 4.71. The number of hydrogen-bond acceptors (Lipinski definition) is 3. The molecule has 102 valence electrons. The summed E-state index contributed by atoms with van der Waals surface area (Å²) in [5, 5.41) is 15.5. The third-order valence-corrected chi connectivity index (χ3v) is 4.05. The highest BCUT2D eigenvalue weighted by Gasteiger charge is 2.44. The molecule has 0 amide bonds. The van der Waals surface area contributed by atoms with E-state index in [1.165, 1.54) is 0 Å². The molecule has 4 nitrogen and oxygen atoms in total. The molecule has 1 aliphatic rings. The standard InChI is InChI=1S/C13H21ClN2O2/c1-4-10-12(14)11(16(3)15-10)8-13(17)6-9(7-13)18-5-2/h9,17H,4-8H2,1-3H3. The Balaban J connectivity index is 2.04. The first-order chi connectivity index (χ1) is 8.49. The van der Waals surface area contributed by atoms with E-state index in [0.29, 0.717) is 30.9 Å². The lowest BCUT2D eigenvalue weighted by Gasteiger charge is -2.43. The Labute approximate surface area is 113 Å². The van der Waals surface area contributed by atoms with Crippen LogP contribution in [0.5, 0.6) is 0 Å². The molecule has 0 radical (unpaired) electrons. The van der Waals surface area contributed by atoms with Crippen molar-refractivity contribution in [3.63, 3.8) is 0 Å². The predicted molar refractivity (Wildman–Crippen MR) is 70.9 cm³/mol. The summed E-state index contributed by atoms with van der Waals surface area (Å²) in [5.74, 6) is 0. The van der Waals surface area contributed by atoms with Crippen molar-refractivity contribution in [3.05, 3.63) is 16.4 Å². The van der Waals surface area contributed by atoms with E-state index in [2.05, 4.69) is 5.10 Å². The van der Waals surface area contributed by atoms with E-state index < -0.39 is 5.60 Å². The van der Waals surface area contributed by atoms with Crippen molar-refractivity contribution < 1.29 is 9.84 Å². The van der Waals surface area contributed by atoms with Gasteiger partial charge in [0.2, 0.25) is 0 Å². The smallest absolute Gasteiger partial charge is 0.0850 e. The molecular formula is C13H21ClN2O2. The largest absolute Gasteiger partial charge is 0.389 e. The van der Waals surface area contributed by atoms with Crippen LogP contribution in [0.1, 0.15) is 38.1 Å². The lowest BCUT2D eigenvalue weighted by atomic mass is 9.74. The molecule has 1 fully saturated rings. The number of aliphatic hydroxyl groups is 1. The second-order valence-corrected chi connectivity index (χ2v) is 5.45. The number of aryl methyl sites for hydroxylation is 2. The van der Waals surface area contributed by atoms with E-state index in [9.17, 15) is 5.11 Å². The first-order valence-electron chi connectivity index (χ1n) is 6.53. The van der Waals surface area contributed by atoms with Crippen LogP contribution < -0.4 is 0 Å². The highest BCUT2D eigenvalue weighted by Crippen LogP contribution is 2.38. The van der Waals surface area contributed by atoms with Crippen molar-refractivity contribution in [2.45, 2.75) is 51.2 Å². The van der Waals surface area contributed by atoms with E-state index in [-0.39, 0.29) is 6.10 Å². The van der Waals surface area contributed by atoms with Crippen molar-refractivity contribution in [1.29, 1.82) is 0 Å². The molecule has 1 heterocycles. The van der Waals surface area contributed by atoms with Gasteiger partial charge in [-0.05, 0) is 13.3 Å². The number of rotatable bonds is 5. The van der Waals surface area contributed by atoms with Crippen LogP contribution in [-0.4, -0.2) is 33.2 Å². The van der Waals surface area contributed by atoms with Crippen LogP contribution >= 0.6 is 11.6 Å². The molecule has 0 saturated heterocycles. The fourth-order valence-electron chi connectivity index (χ4n) is 2.61. The Morgan fingerprint density at radius 2 is 2.17 bits per heavy atom. The van der Waals surface area contributed by atoms with Crippen molar-refractivity contribution in [2.75, 3.05) is 6.61 Å². The highest BCUT2D eigenvalue weighted by atomic mass is 35.5. The average Bonchev–Trinajstić information content (AvgIpc) is 2.55. The van der Waals surface area contributed by atoms with Crippen LogP contribution in [-0.2, 0) is 24.6 Å². The SMILES string of the molecule is CCOC1CC(O)(Cc2c(Cl)c(CC)nn2C)C1. The predicted octanol–water partition coefficient (Wildman–Crippen LogP) is 2.11. The van der Waals surface area contributed by atoms with Gasteiger partial charge in [-0.25, -0.2) is 0 Å². The summed E-state index contributed by atoms with van der Waals surface area (Å²) in [7, 11) is 1.88. The van der Waals surface area contributed by atoms with Crippen LogP contribution in [0.15, 0.2) is 0 Å². The molecule has 0 aliphatic heterocycles. The quantitative estimate of drug-likeness (QED) is 0.893. The maximum atomic E-state index is 10.4. The zero-order valence-electron chi connectivity index (χ0n) is 11.2. The Bertz CT molecular complexity index is 425. The fraction of sp³-hybridized carbons (Fsp3) is 0.769. The van der Waals surface area contributed by atoms with Gasteiger partial charge >= 0.3 is 0 Å². The van der Waals surface area contributed by atoms with Crippen molar-refractivity contribution >= 4 is 11.6 Å². The second-order valence-electron chi connectivity index (χ2n) is 5.07. The van der Waals surface area contributed by atoms with Crippen LogP contribution in [0.3, 0.4) is 0 Å². The first kappa shape index (κ1) is 13.8. The van der Waals surface area contributed by atoms with Crippen molar-refractivity contribution in [1.82, 2.24) is 9.78 Å². The van der Waals surface area contributed by atoms with Gasteiger partial charge in [-0.2, -0.15) is 5.10 Å². The molecule has 0 atom stereocenters. The Hall–Kier alpha value is -0.580. The highest BCUT2D eigenvalue weighted by molar-refractivity contribution is 6.31. The lowest BCUT2D eigenvalue weighted by Crippen LogP contribution is -2.50. The van der Waals surface area contributed by atoms with E-state index >= 15 is 0 Å². The molecule has 1 aromatic rings. The molecule has 1 saturated carbocycles. The molecule has 18 heavy (non-hydrogen) atoms. The summed E-state index contributed by atoms with van der Waals surface area (Å²) < 4.78 is 7.27. The number of halogens is 1. The Morgan fingerprint density at radius 3 is 2.67 bits per heavy atom.